The van der Waals surface area contributed by atoms with E-state index in [1.165, 1.54) is 6.07 Å². The molecule has 5 heteroatoms. The van der Waals surface area contributed by atoms with Gasteiger partial charge in [0, 0.05) is 11.6 Å². The number of hydrogen-bond acceptors (Lipinski definition) is 3. The minimum absolute atomic E-state index is 0.0614. The predicted octanol–water partition coefficient (Wildman–Crippen LogP) is 2.10. The summed E-state index contributed by atoms with van der Waals surface area (Å²) in [4.78, 5) is 0. The molecule has 0 radical (unpaired) electrons. The van der Waals surface area contributed by atoms with Crippen LogP contribution in [0.15, 0.2) is 6.07 Å². The number of halogens is 2. The molecule has 0 bridgehead atoms. The van der Waals surface area contributed by atoms with Crippen LogP contribution < -0.4 is 15.2 Å². The summed E-state index contributed by atoms with van der Waals surface area (Å²) in [5.74, 6) is 0.535. The fourth-order valence-corrected chi connectivity index (χ4v) is 1.77. The Balaban J connectivity index is 2.41. The number of rotatable bonds is 3. The molecule has 0 aromatic heterocycles. The van der Waals surface area contributed by atoms with E-state index in [-0.39, 0.29) is 11.8 Å². The molecule has 1 aromatic rings. The van der Waals surface area contributed by atoms with E-state index in [0.717, 1.165) is 0 Å². The quantitative estimate of drug-likeness (QED) is 0.867. The van der Waals surface area contributed by atoms with Gasteiger partial charge in [-0.05, 0) is 19.4 Å². The molecule has 3 nitrogen and oxygen atoms in total. The average molecular weight is 232 g/mol. The van der Waals surface area contributed by atoms with Crippen molar-refractivity contribution in [2.45, 2.75) is 12.8 Å². The van der Waals surface area contributed by atoms with Crippen LogP contribution in [-0.4, -0.2) is 13.3 Å². The van der Waals surface area contributed by atoms with E-state index in [1.807, 2.05) is 0 Å². The smallest absolute Gasteiger partial charge is 0.231 e. The first kappa shape index (κ1) is 10.5. The highest BCUT2D eigenvalue weighted by atomic mass is 35.5. The van der Waals surface area contributed by atoms with Crippen molar-refractivity contribution in [2.24, 2.45) is 5.73 Å². The summed E-state index contributed by atoms with van der Waals surface area (Å²) in [5.41, 5.74) is 5.84. The van der Waals surface area contributed by atoms with E-state index < -0.39 is 5.82 Å². The molecule has 1 heterocycles. The Kier molecular flexibility index (Phi) is 2.98. The van der Waals surface area contributed by atoms with Crippen LogP contribution >= 0.6 is 11.6 Å². The molecule has 2 rings (SSSR count). The van der Waals surface area contributed by atoms with Gasteiger partial charge in [0.1, 0.15) is 5.82 Å². The maximum absolute atomic E-state index is 13.7. The predicted molar refractivity (Wildman–Crippen MR) is 54.9 cm³/mol. The molecule has 2 N–H and O–H groups in total. The van der Waals surface area contributed by atoms with E-state index in [2.05, 4.69) is 0 Å². The maximum Gasteiger partial charge on any atom is 0.231 e. The summed E-state index contributed by atoms with van der Waals surface area (Å²) in [6.07, 6.45) is 1.20. The number of fused-ring (bicyclic) bond motifs is 1. The molecule has 0 saturated heterocycles. The third kappa shape index (κ3) is 1.87. The van der Waals surface area contributed by atoms with Crippen molar-refractivity contribution in [3.05, 3.63) is 22.5 Å². The van der Waals surface area contributed by atoms with E-state index >= 15 is 0 Å². The second-order valence-corrected chi connectivity index (χ2v) is 3.68. The van der Waals surface area contributed by atoms with Gasteiger partial charge in [0.25, 0.3) is 0 Å². The van der Waals surface area contributed by atoms with Gasteiger partial charge >= 0.3 is 0 Å². The standard InChI is InChI=1S/C10H11ClFNO2/c11-7-4-8-10(15-5-14-8)6(9(7)12)2-1-3-13/h4H,1-3,5,13H2. The maximum atomic E-state index is 13.7. The Bertz CT molecular complexity index is 384. The van der Waals surface area contributed by atoms with Crippen LogP contribution in [0.5, 0.6) is 11.5 Å². The topological polar surface area (TPSA) is 44.5 Å². The first-order chi connectivity index (χ1) is 7.24. The summed E-state index contributed by atoms with van der Waals surface area (Å²) in [5, 5.41) is 0.0614. The zero-order valence-electron chi connectivity index (χ0n) is 8.06. The number of nitrogens with two attached hydrogens (primary N) is 1. The molecule has 0 unspecified atom stereocenters. The fourth-order valence-electron chi connectivity index (χ4n) is 1.56. The van der Waals surface area contributed by atoms with Gasteiger partial charge in [0.15, 0.2) is 11.5 Å². The summed E-state index contributed by atoms with van der Waals surface area (Å²) < 4.78 is 24.0. The van der Waals surface area contributed by atoms with Crippen molar-refractivity contribution in [2.75, 3.05) is 13.3 Å². The van der Waals surface area contributed by atoms with E-state index in [1.54, 1.807) is 0 Å². The molecule has 0 spiro atoms. The van der Waals surface area contributed by atoms with Crippen molar-refractivity contribution in [1.82, 2.24) is 0 Å². The van der Waals surface area contributed by atoms with Gasteiger partial charge in [0.2, 0.25) is 6.79 Å². The highest BCUT2D eigenvalue weighted by Gasteiger charge is 2.23. The van der Waals surface area contributed by atoms with E-state index in [4.69, 9.17) is 26.8 Å². The third-order valence-electron chi connectivity index (χ3n) is 2.28. The Labute approximate surface area is 91.9 Å². The summed E-state index contributed by atoms with van der Waals surface area (Å²) >= 11 is 5.73. The van der Waals surface area contributed by atoms with Gasteiger partial charge in [0.05, 0.1) is 5.02 Å². The summed E-state index contributed by atoms with van der Waals surface area (Å²) in [6.45, 7) is 0.617. The monoisotopic (exact) mass is 231 g/mol. The molecule has 0 atom stereocenters. The van der Waals surface area contributed by atoms with Crippen LogP contribution in [0.3, 0.4) is 0 Å². The van der Waals surface area contributed by atoms with Gasteiger partial charge in [-0.2, -0.15) is 0 Å². The van der Waals surface area contributed by atoms with E-state index in [0.29, 0.717) is 36.4 Å². The second-order valence-electron chi connectivity index (χ2n) is 3.28. The fraction of sp³-hybridized carbons (Fsp3) is 0.400. The molecule has 82 valence electrons. The molecule has 0 saturated carbocycles. The lowest BCUT2D eigenvalue weighted by molar-refractivity contribution is 0.173. The largest absolute Gasteiger partial charge is 0.454 e. The first-order valence-corrected chi connectivity index (χ1v) is 5.08. The molecular weight excluding hydrogens is 221 g/mol. The van der Waals surface area contributed by atoms with Crippen LogP contribution in [0.2, 0.25) is 5.02 Å². The van der Waals surface area contributed by atoms with Gasteiger partial charge < -0.3 is 15.2 Å². The zero-order valence-corrected chi connectivity index (χ0v) is 8.81. The lowest BCUT2D eigenvalue weighted by atomic mass is 10.1. The van der Waals surface area contributed by atoms with Crippen LogP contribution in [0.4, 0.5) is 4.39 Å². The van der Waals surface area contributed by atoms with Gasteiger partial charge in [-0.25, -0.2) is 4.39 Å². The van der Waals surface area contributed by atoms with Gasteiger partial charge in [-0.1, -0.05) is 11.6 Å². The number of benzene rings is 1. The Morgan fingerprint density at radius 1 is 1.47 bits per heavy atom. The molecule has 1 aliphatic heterocycles. The highest BCUT2D eigenvalue weighted by molar-refractivity contribution is 6.31. The third-order valence-corrected chi connectivity index (χ3v) is 2.55. The minimum atomic E-state index is -0.436. The Hall–Kier alpha value is -1.00. The van der Waals surface area contributed by atoms with Crippen LogP contribution in [-0.2, 0) is 6.42 Å². The van der Waals surface area contributed by atoms with Crippen molar-refractivity contribution in [1.29, 1.82) is 0 Å². The molecule has 1 aliphatic rings. The Morgan fingerprint density at radius 3 is 3.00 bits per heavy atom. The average Bonchev–Trinajstić information content (AvgIpc) is 2.66. The van der Waals surface area contributed by atoms with Crippen molar-refractivity contribution >= 4 is 11.6 Å². The minimum Gasteiger partial charge on any atom is -0.454 e. The number of ether oxygens (including phenoxy) is 2. The SMILES string of the molecule is NCCCc1c(F)c(Cl)cc2c1OCO2. The van der Waals surface area contributed by atoms with Crippen LogP contribution in [0, 0.1) is 5.82 Å². The molecule has 0 aliphatic carbocycles. The molecule has 1 aromatic carbocycles. The lowest BCUT2D eigenvalue weighted by Crippen LogP contribution is -2.03. The van der Waals surface area contributed by atoms with E-state index in [9.17, 15) is 4.39 Å². The highest BCUT2D eigenvalue weighted by Crippen LogP contribution is 2.40. The summed E-state index contributed by atoms with van der Waals surface area (Å²) in [6, 6.07) is 1.44. The number of hydrogen-bond donors (Lipinski definition) is 1. The summed E-state index contributed by atoms with van der Waals surface area (Å²) in [7, 11) is 0. The Morgan fingerprint density at radius 2 is 2.27 bits per heavy atom. The van der Waals surface area contributed by atoms with Gasteiger partial charge in [-0.3, -0.25) is 0 Å². The lowest BCUT2D eigenvalue weighted by Gasteiger charge is -2.07. The van der Waals surface area contributed by atoms with Crippen molar-refractivity contribution < 1.29 is 13.9 Å². The van der Waals surface area contributed by atoms with Crippen LogP contribution in [0.1, 0.15) is 12.0 Å². The molecule has 0 amide bonds. The van der Waals surface area contributed by atoms with Crippen molar-refractivity contribution in [3.63, 3.8) is 0 Å². The molecule has 15 heavy (non-hydrogen) atoms. The van der Waals surface area contributed by atoms with Gasteiger partial charge in [-0.15, -0.1) is 0 Å². The second kappa shape index (κ2) is 4.24. The molecular formula is C10H11ClFNO2. The van der Waals surface area contributed by atoms with Crippen LogP contribution in [0.25, 0.3) is 0 Å². The zero-order chi connectivity index (χ0) is 10.8. The molecule has 0 fully saturated rings. The first-order valence-electron chi connectivity index (χ1n) is 4.70. The van der Waals surface area contributed by atoms with Crippen molar-refractivity contribution in [3.8, 4) is 11.5 Å². The normalized spacial score (nSPS) is 13.3.